The topological polar surface area (TPSA) is 70.1 Å². The predicted octanol–water partition coefficient (Wildman–Crippen LogP) is 4.71. The quantitative estimate of drug-likeness (QED) is 0.524. The highest BCUT2D eigenvalue weighted by Crippen LogP contribution is 2.33. The van der Waals surface area contributed by atoms with Crippen LogP contribution in [-0.2, 0) is 11.3 Å². The molecule has 2 N–H and O–H groups in total. The fourth-order valence-corrected chi connectivity index (χ4v) is 4.19. The third-order valence-electron chi connectivity index (χ3n) is 5.83. The van der Waals surface area contributed by atoms with Gasteiger partial charge < -0.3 is 10.5 Å². The number of nitrogens with zero attached hydrogens (tertiary/aromatic N) is 2. The van der Waals surface area contributed by atoms with Gasteiger partial charge in [-0.2, -0.15) is 0 Å². The summed E-state index contributed by atoms with van der Waals surface area (Å²) in [5.41, 5.74) is 9.56. The summed E-state index contributed by atoms with van der Waals surface area (Å²) in [7, 11) is 0. The number of nitrogen functional groups attached to an aromatic ring is 1. The van der Waals surface area contributed by atoms with Crippen molar-refractivity contribution in [1.29, 1.82) is 0 Å². The van der Waals surface area contributed by atoms with E-state index < -0.39 is 0 Å². The van der Waals surface area contributed by atoms with E-state index in [1.165, 1.54) is 16.7 Å². The molecule has 1 fully saturated rings. The molecule has 0 amide bonds. The largest absolute Gasteiger partial charge is 0.369 e. The summed E-state index contributed by atoms with van der Waals surface area (Å²) in [4.78, 5) is 17.6. The zero-order valence-corrected chi connectivity index (χ0v) is 16.9. The summed E-state index contributed by atoms with van der Waals surface area (Å²) < 4.78 is 20.8. The molecule has 6 heteroatoms. The number of benzene rings is 3. The van der Waals surface area contributed by atoms with Crippen molar-refractivity contribution in [1.82, 2.24) is 9.55 Å². The molecule has 2 atom stereocenters. The molecule has 2 heterocycles. The molecule has 0 saturated carbocycles. The Morgan fingerprint density at radius 1 is 1.00 bits per heavy atom. The molecule has 1 saturated heterocycles. The van der Waals surface area contributed by atoms with Crippen LogP contribution in [0.15, 0.2) is 77.6 Å². The van der Waals surface area contributed by atoms with Crippen molar-refractivity contribution in [2.45, 2.75) is 31.6 Å². The fourth-order valence-electron chi connectivity index (χ4n) is 4.19. The van der Waals surface area contributed by atoms with E-state index in [9.17, 15) is 9.18 Å². The summed E-state index contributed by atoms with van der Waals surface area (Å²) in [6, 6.07) is 21.9. The van der Waals surface area contributed by atoms with Gasteiger partial charge in [0.2, 0.25) is 5.95 Å². The van der Waals surface area contributed by atoms with Gasteiger partial charge in [-0.05, 0) is 53.8 Å². The number of rotatable bonds is 4. The minimum absolute atomic E-state index is 0.107. The highest BCUT2D eigenvalue weighted by molar-refractivity contribution is 5.84. The monoisotopic (exact) mass is 415 g/mol. The number of nitrogens with two attached hydrogens (primary N) is 1. The second kappa shape index (κ2) is 7.96. The zero-order valence-electron chi connectivity index (χ0n) is 16.9. The van der Waals surface area contributed by atoms with Crippen LogP contribution in [0.2, 0.25) is 0 Å². The zero-order chi connectivity index (χ0) is 21.4. The van der Waals surface area contributed by atoms with Gasteiger partial charge in [0, 0.05) is 0 Å². The Balaban J connectivity index is 1.40. The van der Waals surface area contributed by atoms with Gasteiger partial charge in [-0.15, -0.1) is 0 Å². The van der Waals surface area contributed by atoms with Gasteiger partial charge >= 0.3 is 0 Å². The first-order valence-electron chi connectivity index (χ1n) is 10.3. The minimum Gasteiger partial charge on any atom is -0.369 e. The molecular weight excluding hydrogens is 393 g/mol. The first-order chi connectivity index (χ1) is 15.1. The molecule has 31 heavy (non-hydrogen) atoms. The lowest BCUT2D eigenvalue weighted by atomic mass is 10.0. The van der Waals surface area contributed by atoms with Crippen molar-refractivity contribution in [3.63, 3.8) is 0 Å². The molecule has 156 valence electrons. The predicted molar refractivity (Wildman–Crippen MR) is 119 cm³/mol. The third kappa shape index (κ3) is 3.82. The van der Waals surface area contributed by atoms with Crippen molar-refractivity contribution in [2.24, 2.45) is 0 Å². The van der Waals surface area contributed by atoms with E-state index in [0.717, 1.165) is 29.5 Å². The average molecular weight is 415 g/mol. The van der Waals surface area contributed by atoms with Crippen molar-refractivity contribution >= 4 is 16.9 Å². The van der Waals surface area contributed by atoms with Gasteiger partial charge in [-0.25, -0.2) is 9.37 Å². The Morgan fingerprint density at radius 3 is 2.55 bits per heavy atom. The third-order valence-corrected chi connectivity index (χ3v) is 5.83. The first-order valence-corrected chi connectivity index (χ1v) is 10.3. The van der Waals surface area contributed by atoms with E-state index in [-0.39, 0.29) is 29.5 Å². The Bertz CT molecular complexity index is 1290. The molecule has 1 aromatic heterocycles. The lowest BCUT2D eigenvalue weighted by Gasteiger charge is -2.17. The summed E-state index contributed by atoms with van der Waals surface area (Å²) in [6.07, 6.45) is 1.34. The van der Waals surface area contributed by atoms with Crippen molar-refractivity contribution in [2.75, 3.05) is 5.73 Å². The van der Waals surface area contributed by atoms with Crippen LogP contribution in [0.4, 0.5) is 10.3 Å². The number of aromatic nitrogens is 2. The number of anilines is 1. The number of hydrogen-bond donors (Lipinski definition) is 1. The molecule has 0 spiro atoms. The molecule has 0 aliphatic carbocycles. The van der Waals surface area contributed by atoms with Crippen LogP contribution < -0.4 is 11.3 Å². The van der Waals surface area contributed by atoms with Gasteiger partial charge in [-0.3, -0.25) is 9.36 Å². The highest BCUT2D eigenvalue weighted by Gasteiger charge is 2.28. The molecular formula is C25H22FN3O2. The summed E-state index contributed by atoms with van der Waals surface area (Å²) in [6.45, 7) is 0.339. The number of hydrogen-bond acceptors (Lipinski definition) is 4. The molecule has 5 rings (SSSR count). The Hall–Kier alpha value is -3.51. The van der Waals surface area contributed by atoms with Gasteiger partial charge in [-0.1, -0.05) is 48.5 Å². The molecule has 2 unspecified atom stereocenters. The second-order valence-electron chi connectivity index (χ2n) is 7.86. The van der Waals surface area contributed by atoms with Crippen molar-refractivity contribution in [3.05, 3.63) is 94.5 Å². The van der Waals surface area contributed by atoms with Gasteiger partial charge in [0.1, 0.15) is 5.82 Å². The van der Waals surface area contributed by atoms with E-state index in [0.29, 0.717) is 17.4 Å². The van der Waals surface area contributed by atoms with Crippen LogP contribution in [0.1, 0.15) is 24.5 Å². The molecule has 4 aromatic rings. The number of fused-ring (bicyclic) bond motifs is 1. The first kappa shape index (κ1) is 19.5. The smallest absolute Gasteiger partial charge is 0.262 e. The number of halogens is 1. The molecule has 0 bridgehead atoms. The Morgan fingerprint density at radius 2 is 1.77 bits per heavy atom. The normalized spacial score (nSPS) is 18.5. The van der Waals surface area contributed by atoms with Crippen LogP contribution in [0, 0.1) is 5.82 Å². The van der Waals surface area contributed by atoms with E-state index in [2.05, 4.69) is 4.98 Å². The van der Waals surface area contributed by atoms with Crippen LogP contribution in [0.3, 0.4) is 0 Å². The van der Waals surface area contributed by atoms with Crippen LogP contribution in [0.25, 0.3) is 22.0 Å². The Labute approximate surface area is 178 Å². The molecule has 3 aromatic carbocycles. The molecule has 1 aliphatic heterocycles. The average Bonchev–Trinajstić information content (AvgIpc) is 3.26. The number of ether oxygens (including phenoxy) is 1. The van der Waals surface area contributed by atoms with Crippen LogP contribution in [-0.4, -0.2) is 15.7 Å². The maximum Gasteiger partial charge on any atom is 0.262 e. The molecule has 1 aliphatic rings. The van der Waals surface area contributed by atoms with Crippen molar-refractivity contribution < 1.29 is 9.13 Å². The Kier molecular flexibility index (Phi) is 5.00. The minimum atomic E-state index is -0.268. The molecule has 5 nitrogen and oxygen atoms in total. The van der Waals surface area contributed by atoms with Gasteiger partial charge in [0.25, 0.3) is 5.56 Å². The summed E-state index contributed by atoms with van der Waals surface area (Å²) >= 11 is 0. The highest BCUT2D eigenvalue weighted by atomic mass is 19.1. The van der Waals surface area contributed by atoms with Gasteiger partial charge in [0.15, 0.2) is 0 Å². The lowest BCUT2D eigenvalue weighted by molar-refractivity contribution is 0.0348. The molecule has 0 radical (unpaired) electrons. The van der Waals surface area contributed by atoms with E-state index >= 15 is 0 Å². The van der Waals surface area contributed by atoms with E-state index in [1.807, 2.05) is 42.5 Å². The van der Waals surface area contributed by atoms with Crippen LogP contribution in [0.5, 0.6) is 0 Å². The van der Waals surface area contributed by atoms with Gasteiger partial charge in [0.05, 0.1) is 29.7 Å². The summed E-state index contributed by atoms with van der Waals surface area (Å²) in [5, 5.41) is 0.530. The lowest BCUT2D eigenvalue weighted by Crippen LogP contribution is -2.29. The SMILES string of the molecule is Nc1nc2cc(-c3ccccc3)ccc2c(=O)n1CC1CCC(c2ccc(F)cc2)O1. The van der Waals surface area contributed by atoms with Crippen molar-refractivity contribution in [3.8, 4) is 11.1 Å². The van der Waals surface area contributed by atoms with E-state index in [4.69, 9.17) is 10.5 Å². The fraction of sp³-hybridized carbons (Fsp3) is 0.200. The maximum absolute atomic E-state index is 13.2. The standard InChI is InChI=1S/C25H22FN3O2/c26-19-9-6-17(7-10-19)23-13-11-20(31-23)15-29-24(30)21-12-8-18(14-22(21)28-25(29)27)16-4-2-1-3-5-16/h1-10,12,14,20,23H,11,13,15H2,(H2,27,28). The maximum atomic E-state index is 13.2. The second-order valence-corrected chi connectivity index (χ2v) is 7.86. The van der Waals surface area contributed by atoms with E-state index in [1.54, 1.807) is 18.2 Å². The van der Waals surface area contributed by atoms with Crippen LogP contribution >= 0.6 is 0 Å². The summed E-state index contributed by atoms with van der Waals surface area (Å²) in [5.74, 6) is -0.0909.